The van der Waals surface area contributed by atoms with E-state index >= 15 is 0 Å². The number of urea groups is 2. The highest BCUT2D eigenvalue weighted by Gasteiger charge is 2.23. The number of carbonyl (C=O) groups is 2. The first kappa shape index (κ1) is 26.8. The van der Waals surface area contributed by atoms with Crippen molar-refractivity contribution in [1.82, 2.24) is 10.6 Å². The molecule has 0 unspecified atom stereocenters. The van der Waals surface area contributed by atoms with Gasteiger partial charge in [0.1, 0.15) is 23.0 Å². The molecule has 1 aliphatic rings. The van der Waals surface area contributed by atoms with Gasteiger partial charge in [-0.05, 0) is 55.4 Å². The summed E-state index contributed by atoms with van der Waals surface area (Å²) in [4.78, 5) is 24.9. The summed E-state index contributed by atoms with van der Waals surface area (Å²) in [6, 6.07) is 9.87. The molecule has 0 saturated heterocycles. The zero-order chi connectivity index (χ0) is 25.9. The maximum Gasteiger partial charge on any atom is 0.319 e. The van der Waals surface area contributed by atoms with Gasteiger partial charge in [-0.1, -0.05) is 6.42 Å². The van der Waals surface area contributed by atoms with Gasteiger partial charge in [-0.25, -0.2) is 9.59 Å². The Hall–Kier alpha value is -3.82. The van der Waals surface area contributed by atoms with Gasteiger partial charge in [0.2, 0.25) is 0 Å². The van der Waals surface area contributed by atoms with E-state index in [2.05, 4.69) is 21.3 Å². The fourth-order valence-electron chi connectivity index (χ4n) is 4.38. The first-order valence-electron chi connectivity index (χ1n) is 12.0. The Bertz CT molecular complexity index is 952. The molecule has 0 aromatic heterocycles. The van der Waals surface area contributed by atoms with Crippen molar-refractivity contribution in [3.05, 3.63) is 36.4 Å². The molecule has 4 amide bonds. The number of methoxy groups -OCH3 is 4. The number of ether oxygens (including phenoxy) is 4. The molecule has 10 heteroatoms. The van der Waals surface area contributed by atoms with Crippen molar-refractivity contribution in [2.75, 3.05) is 52.2 Å². The van der Waals surface area contributed by atoms with Gasteiger partial charge in [0, 0.05) is 25.2 Å². The number of rotatable bonds is 10. The average molecular weight is 501 g/mol. The molecule has 2 aromatic rings. The van der Waals surface area contributed by atoms with Crippen molar-refractivity contribution in [3.8, 4) is 23.0 Å². The van der Waals surface area contributed by atoms with Crippen LogP contribution in [0.3, 0.4) is 0 Å². The largest absolute Gasteiger partial charge is 0.497 e. The van der Waals surface area contributed by atoms with E-state index in [4.69, 9.17) is 18.9 Å². The highest BCUT2D eigenvalue weighted by atomic mass is 16.5. The lowest BCUT2D eigenvalue weighted by atomic mass is 9.81. The molecule has 1 aliphatic carbocycles. The average Bonchev–Trinajstić information content (AvgIpc) is 2.91. The normalized spacial score (nSPS) is 16.9. The number of anilines is 2. The lowest BCUT2D eigenvalue weighted by Gasteiger charge is -2.29. The molecule has 2 atom stereocenters. The Morgan fingerprint density at radius 3 is 1.56 bits per heavy atom. The van der Waals surface area contributed by atoms with E-state index in [1.807, 2.05) is 0 Å². The summed E-state index contributed by atoms with van der Waals surface area (Å²) in [6.45, 7) is 1.13. The van der Waals surface area contributed by atoms with Gasteiger partial charge in [0.15, 0.2) is 0 Å². The number of nitrogens with one attached hydrogen (secondary N) is 4. The fraction of sp³-hybridized carbons (Fsp3) is 0.462. The third-order valence-electron chi connectivity index (χ3n) is 6.31. The summed E-state index contributed by atoms with van der Waals surface area (Å²) >= 11 is 0. The van der Waals surface area contributed by atoms with Crippen LogP contribution in [0.5, 0.6) is 23.0 Å². The number of hydrogen-bond donors (Lipinski definition) is 4. The topological polar surface area (TPSA) is 119 Å². The van der Waals surface area contributed by atoms with E-state index in [1.165, 1.54) is 0 Å². The van der Waals surface area contributed by atoms with Crippen molar-refractivity contribution in [2.24, 2.45) is 11.8 Å². The summed E-state index contributed by atoms with van der Waals surface area (Å²) in [7, 11) is 6.24. The summed E-state index contributed by atoms with van der Waals surface area (Å²) in [5.41, 5.74) is 1.14. The van der Waals surface area contributed by atoms with E-state index in [1.54, 1.807) is 64.8 Å². The van der Waals surface area contributed by atoms with Gasteiger partial charge in [-0.3, -0.25) is 0 Å². The summed E-state index contributed by atoms with van der Waals surface area (Å²) < 4.78 is 21.0. The lowest BCUT2D eigenvalue weighted by molar-refractivity contribution is 0.230. The number of hydrogen-bond acceptors (Lipinski definition) is 6. The molecule has 0 spiro atoms. The SMILES string of the molecule is COc1ccc(NC(=O)NC[C@H]2CCC[C@@H](CNC(=O)Nc3ccc(OC)cc3OC)C2)c(OC)c1. The van der Waals surface area contributed by atoms with Gasteiger partial charge in [0.25, 0.3) is 0 Å². The Kier molecular flexibility index (Phi) is 9.91. The van der Waals surface area contributed by atoms with Crippen LogP contribution in [0.25, 0.3) is 0 Å². The van der Waals surface area contributed by atoms with Gasteiger partial charge < -0.3 is 40.2 Å². The summed E-state index contributed by atoms with van der Waals surface area (Å²) in [6.07, 6.45) is 4.06. The van der Waals surface area contributed by atoms with Crippen molar-refractivity contribution < 1.29 is 28.5 Å². The second-order valence-corrected chi connectivity index (χ2v) is 8.70. The minimum Gasteiger partial charge on any atom is -0.497 e. The van der Waals surface area contributed by atoms with Crippen molar-refractivity contribution >= 4 is 23.4 Å². The van der Waals surface area contributed by atoms with Gasteiger partial charge in [-0.2, -0.15) is 0 Å². The molecule has 0 bridgehead atoms. The van der Waals surface area contributed by atoms with E-state index in [9.17, 15) is 9.59 Å². The number of benzene rings is 2. The van der Waals surface area contributed by atoms with Crippen molar-refractivity contribution in [3.63, 3.8) is 0 Å². The van der Waals surface area contributed by atoms with Crippen LogP contribution in [0, 0.1) is 11.8 Å². The third kappa shape index (κ3) is 7.59. The van der Waals surface area contributed by atoms with E-state index < -0.39 is 0 Å². The minimum atomic E-state index is -0.286. The maximum atomic E-state index is 12.4. The van der Waals surface area contributed by atoms with Crippen LogP contribution in [0.2, 0.25) is 0 Å². The van der Waals surface area contributed by atoms with Gasteiger partial charge >= 0.3 is 12.1 Å². The van der Waals surface area contributed by atoms with Crippen LogP contribution in [-0.4, -0.2) is 53.6 Å². The second kappa shape index (κ2) is 13.3. The van der Waals surface area contributed by atoms with Crippen LogP contribution < -0.4 is 40.2 Å². The molecule has 196 valence electrons. The van der Waals surface area contributed by atoms with Crippen LogP contribution in [0.4, 0.5) is 21.0 Å². The van der Waals surface area contributed by atoms with Crippen molar-refractivity contribution in [1.29, 1.82) is 0 Å². The molecule has 10 nitrogen and oxygen atoms in total. The zero-order valence-electron chi connectivity index (χ0n) is 21.3. The number of amides is 4. The van der Waals surface area contributed by atoms with Crippen LogP contribution in [0.15, 0.2) is 36.4 Å². The quantitative estimate of drug-likeness (QED) is 0.382. The molecule has 0 heterocycles. The molecule has 3 rings (SSSR count). The molecular weight excluding hydrogens is 464 g/mol. The molecule has 1 fully saturated rings. The molecule has 0 radical (unpaired) electrons. The van der Waals surface area contributed by atoms with Crippen LogP contribution in [0.1, 0.15) is 25.7 Å². The highest BCUT2D eigenvalue weighted by Crippen LogP contribution is 2.31. The Morgan fingerprint density at radius 1 is 0.722 bits per heavy atom. The molecular formula is C26H36N4O6. The Balaban J connectivity index is 1.43. The zero-order valence-corrected chi connectivity index (χ0v) is 21.3. The van der Waals surface area contributed by atoms with E-state index in [0.29, 0.717) is 59.3 Å². The predicted molar refractivity (Wildman–Crippen MR) is 139 cm³/mol. The van der Waals surface area contributed by atoms with E-state index in [-0.39, 0.29) is 12.1 Å². The Labute approximate surface area is 212 Å². The lowest BCUT2D eigenvalue weighted by Crippen LogP contribution is -2.38. The Morgan fingerprint density at radius 2 is 1.17 bits per heavy atom. The second-order valence-electron chi connectivity index (χ2n) is 8.70. The molecule has 1 saturated carbocycles. The third-order valence-corrected chi connectivity index (χ3v) is 6.31. The number of carbonyl (C=O) groups excluding carboxylic acids is 2. The highest BCUT2D eigenvalue weighted by molar-refractivity contribution is 5.91. The monoisotopic (exact) mass is 500 g/mol. The van der Waals surface area contributed by atoms with Crippen LogP contribution >= 0.6 is 0 Å². The molecule has 0 aliphatic heterocycles. The first-order chi connectivity index (χ1) is 17.4. The van der Waals surface area contributed by atoms with Crippen LogP contribution in [-0.2, 0) is 0 Å². The summed E-state index contributed by atoms with van der Waals surface area (Å²) in [5, 5.41) is 11.6. The van der Waals surface area contributed by atoms with Gasteiger partial charge in [0.05, 0.1) is 39.8 Å². The minimum absolute atomic E-state index is 0.286. The van der Waals surface area contributed by atoms with E-state index in [0.717, 1.165) is 25.7 Å². The van der Waals surface area contributed by atoms with Gasteiger partial charge in [-0.15, -0.1) is 0 Å². The summed E-state index contributed by atoms with van der Waals surface area (Å²) in [5.74, 6) is 3.04. The predicted octanol–water partition coefficient (Wildman–Crippen LogP) is 4.47. The fourth-order valence-corrected chi connectivity index (χ4v) is 4.38. The van der Waals surface area contributed by atoms with Crippen molar-refractivity contribution in [2.45, 2.75) is 25.7 Å². The molecule has 4 N–H and O–H groups in total. The maximum absolute atomic E-state index is 12.4. The molecule has 2 aromatic carbocycles. The molecule has 36 heavy (non-hydrogen) atoms. The first-order valence-corrected chi connectivity index (χ1v) is 12.0. The standard InChI is InChI=1S/C26H36N4O6/c1-33-19-8-10-21(23(13-19)35-3)29-25(31)27-15-17-6-5-7-18(12-17)16-28-26(32)30-22-11-9-20(34-2)14-24(22)36-4/h8-11,13-14,17-18H,5-7,12,15-16H2,1-4H3,(H2,27,29,31)(H2,28,30,32)/t17-,18+. The smallest absolute Gasteiger partial charge is 0.319 e.